The summed E-state index contributed by atoms with van der Waals surface area (Å²) in [6, 6.07) is 0. The van der Waals surface area contributed by atoms with E-state index in [-0.39, 0.29) is 44.6 Å². The fourth-order valence-electron chi connectivity index (χ4n) is 6.39. The Balaban J connectivity index is -0.00000292. The van der Waals surface area contributed by atoms with E-state index in [4.69, 9.17) is 29.4 Å². The Kier molecular flexibility index (Phi) is 48.7. The zero-order chi connectivity index (χ0) is 44.7. The molecule has 0 saturated heterocycles. The maximum Gasteiger partial charge on any atom is 0.307 e. The van der Waals surface area contributed by atoms with Crippen LogP contribution in [0.5, 0.6) is 0 Å². The zero-order valence-electron chi connectivity index (χ0n) is 41.8. The van der Waals surface area contributed by atoms with Crippen molar-refractivity contribution in [3.05, 3.63) is 0 Å². The molecule has 0 aliphatic heterocycles. The third-order valence-electron chi connectivity index (χ3n) is 8.84. The Morgan fingerprint density at radius 1 is 0.424 bits per heavy atom. The smallest absolute Gasteiger partial charge is 0.307 e. The maximum absolute atomic E-state index is 12.5. The molecule has 0 heterocycles. The molecule has 1 radical (unpaired) electrons. The quantitative estimate of drug-likeness (QED) is 0.0369. The summed E-state index contributed by atoms with van der Waals surface area (Å²) in [5.74, 6) is 2.09. The standard InChI is InChI=1S/C44H84N6O4.2C2H6.Y/c1-35(2)31-39(9)45-19-25-49(26-20-46-40(10)32-36(3)4)23-17-43(51)53-29-15-13-14-16-30-54-44(52)18-24-50(27-21-47-41(11)33-37(5)6)28-22-48-42(12)34-38(7)8;2*1-2;/h35-38H,13-34H2,1-12H3;2*1-2H3;. The molecule has 0 spiro atoms. The summed E-state index contributed by atoms with van der Waals surface area (Å²) in [7, 11) is 0. The molecule has 0 atom stereocenters. The minimum atomic E-state index is -0.156. The summed E-state index contributed by atoms with van der Waals surface area (Å²) in [6.45, 7) is 42.4. The molecule has 0 aliphatic rings. The predicted octanol–water partition coefficient (Wildman–Crippen LogP) is 11.1. The van der Waals surface area contributed by atoms with Crippen molar-refractivity contribution in [2.45, 2.75) is 175 Å². The first-order valence-corrected chi connectivity index (χ1v) is 23.3. The largest absolute Gasteiger partial charge is 0.466 e. The van der Waals surface area contributed by atoms with Crippen molar-refractivity contribution in [1.29, 1.82) is 0 Å². The van der Waals surface area contributed by atoms with Crippen molar-refractivity contribution in [3.63, 3.8) is 0 Å². The van der Waals surface area contributed by atoms with Crippen LogP contribution in [0.1, 0.15) is 175 Å². The van der Waals surface area contributed by atoms with Gasteiger partial charge < -0.3 is 9.47 Å². The summed E-state index contributed by atoms with van der Waals surface area (Å²) in [6.07, 6.45) is 8.27. The predicted molar refractivity (Wildman–Crippen MR) is 255 cm³/mol. The number of carbonyl (C=O) groups excluding carboxylic acids is 2. The molecule has 0 unspecified atom stereocenters. The van der Waals surface area contributed by atoms with Crippen molar-refractivity contribution in [2.24, 2.45) is 43.6 Å². The SMILES string of the molecule is CC.CC.CC(CC(C)C)=NCCN(CCN=C(C)CC(C)C)CCC(=O)OCCCCCCOC(=O)CCN(CCN=C(C)CC(C)C)CCN=C(C)CC(C)C.[Y]. The first kappa shape index (κ1) is 64.3. The van der Waals surface area contributed by atoms with Gasteiger partial charge in [-0.3, -0.25) is 39.4 Å². The van der Waals surface area contributed by atoms with Gasteiger partial charge in [0.25, 0.3) is 0 Å². The van der Waals surface area contributed by atoms with Crippen LogP contribution in [0.4, 0.5) is 0 Å². The Morgan fingerprint density at radius 2 is 0.661 bits per heavy atom. The van der Waals surface area contributed by atoms with E-state index >= 15 is 0 Å². The molecule has 59 heavy (non-hydrogen) atoms. The molecule has 345 valence electrons. The Hall–Kier alpha value is -1.36. The average Bonchev–Trinajstić information content (AvgIpc) is 3.13. The van der Waals surface area contributed by atoms with Crippen LogP contribution in [0, 0.1) is 23.7 Å². The van der Waals surface area contributed by atoms with E-state index in [0.717, 1.165) is 104 Å². The van der Waals surface area contributed by atoms with Gasteiger partial charge in [0.15, 0.2) is 0 Å². The number of hydrogen-bond acceptors (Lipinski definition) is 10. The molecule has 0 aliphatic carbocycles. The van der Waals surface area contributed by atoms with Gasteiger partial charge in [-0.15, -0.1) is 0 Å². The number of carbonyl (C=O) groups is 2. The van der Waals surface area contributed by atoms with E-state index in [1.807, 2.05) is 27.7 Å². The minimum absolute atomic E-state index is 0. The van der Waals surface area contributed by atoms with E-state index < -0.39 is 0 Å². The van der Waals surface area contributed by atoms with Crippen molar-refractivity contribution < 1.29 is 51.8 Å². The molecule has 0 amide bonds. The maximum atomic E-state index is 12.5. The molecule has 10 nitrogen and oxygen atoms in total. The van der Waals surface area contributed by atoms with Crippen molar-refractivity contribution >= 4 is 34.8 Å². The van der Waals surface area contributed by atoms with Crippen LogP contribution < -0.4 is 0 Å². The topological polar surface area (TPSA) is 109 Å². The van der Waals surface area contributed by atoms with E-state index in [0.29, 0.717) is 62.8 Å². The van der Waals surface area contributed by atoms with Crippen LogP contribution in [0.2, 0.25) is 0 Å². The summed E-state index contributed by atoms with van der Waals surface area (Å²) in [5.41, 5.74) is 4.74. The molecular formula is C48H96N6O4Y. The monoisotopic (exact) mass is 910 g/mol. The molecule has 0 aromatic rings. The van der Waals surface area contributed by atoms with Crippen LogP contribution in [-0.2, 0) is 51.8 Å². The van der Waals surface area contributed by atoms with E-state index in [1.54, 1.807) is 0 Å². The van der Waals surface area contributed by atoms with Gasteiger partial charge in [-0.25, -0.2) is 0 Å². The van der Waals surface area contributed by atoms with Gasteiger partial charge >= 0.3 is 11.9 Å². The number of nitrogens with zero attached hydrogens (tertiary/aromatic N) is 6. The Morgan fingerprint density at radius 3 is 0.881 bits per heavy atom. The fourth-order valence-corrected chi connectivity index (χ4v) is 6.39. The average molecular weight is 910 g/mol. The molecule has 0 bridgehead atoms. The number of aliphatic imine (C=N–C) groups is 4. The number of esters is 2. The van der Waals surface area contributed by atoms with Crippen LogP contribution in [-0.4, -0.2) is 123 Å². The molecule has 11 heteroatoms. The fraction of sp³-hybridized carbons (Fsp3) is 0.875. The molecule has 0 aromatic carbocycles. The van der Waals surface area contributed by atoms with Gasteiger partial charge in [0.05, 0.1) is 52.2 Å². The van der Waals surface area contributed by atoms with E-state index in [9.17, 15) is 9.59 Å². The van der Waals surface area contributed by atoms with Gasteiger partial charge in [0.2, 0.25) is 0 Å². The first-order valence-electron chi connectivity index (χ1n) is 23.3. The van der Waals surface area contributed by atoms with E-state index in [1.165, 1.54) is 22.8 Å². The summed E-state index contributed by atoms with van der Waals surface area (Å²) < 4.78 is 11.1. The second-order valence-corrected chi connectivity index (χ2v) is 16.9. The number of ether oxygens (including phenoxy) is 2. The normalized spacial score (nSPS) is 12.5. The second kappa shape index (κ2) is 44.7. The van der Waals surface area contributed by atoms with Crippen LogP contribution >= 0.6 is 0 Å². The van der Waals surface area contributed by atoms with E-state index in [2.05, 4.69) is 92.9 Å². The second-order valence-electron chi connectivity index (χ2n) is 16.9. The van der Waals surface area contributed by atoms with Gasteiger partial charge in [-0.05, 0) is 103 Å². The van der Waals surface area contributed by atoms with Crippen molar-refractivity contribution in [1.82, 2.24) is 9.80 Å². The number of unbranched alkanes of at least 4 members (excludes halogenated alkanes) is 3. The number of rotatable bonds is 33. The molecular weight excluding hydrogens is 813 g/mol. The van der Waals surface area contributed by atoms with Gasteiger partial charge in [0.1, 0.15) is 0 Å². The van der Waals surface area contributed by atoms with Gasteiger partial charge in [-0.1, -0.05) is 83.1 Å². The molecule has 0 aromatic heterocycles. The van der Waals surface area contributed by atoms with Gasteiger partial charge in [-0.2, -0.15) is 0 Å². The summed E-state index contributed by atoms with van der Waals surface area (Å²) >= 11 is 0. The minimum Gasteiger partial charge on any atom is -0.466 e. The van der Waals surface area contributed by atoms with Crippen LogP contribution in [0.15, 0.2) is 20.0 Å². The van der Waals surface area contributed by atoms with Crippen molar-refractivity contribution in [3.8, 4) is 0 Å². The molecule has 0 saturated carbocycles. The van der Waals surface area contributed by atoms with Gasteiger partial charge in [0, 0.05) is 94.8 Å². The third-order valence-corrected chi connectivity index (χ3v) is 8.84. The van der Waals surface area contributed by atoms with Crippen LogP contribution in [0.3, 0.4) is 0 Å². The Bertz CT molecular complexity index is 975. The molecule has 0 N–H and O–H groups in total. The van der Waals surface area contributed by atoms with Crippen molar-refractivity contribution in [2.75, 3.05) is 78.7 Å². The zero-order valence-corrected chi connectivity index (χ0v) is 44.6. The molecule has 0 fully saturated rings. The Labute approximate surface area is 391 Å². The molecule has 0 rings (SSSR count). The van der Waals surface area contributed by atoms with Crippen LogP contribution in [0.25, 0.3) is 0 Å². The first-order chi connectivity index (χ1) is 27.6. The summed E-state index contributed by atoms with van der Waals surface area (Å²) in [5, 5.41) is 0. The third kappa shape index (κ3) is 47.5. The number of hydrogen-bond donors (Lipinski definition) is 0. The summed E-state index contributed by atoms with van der Waals surface area (Å²) in [4.78, 5) is 48.7.